The number of sulfone groups is 1. The van der Waals surface area contributed by atoms with Gasteiger partial charge in [0, 0.05) is 53.7 Å². The number of sulfonamides is 1. The summed E-state index contributed by atoms with van der Waals surface area (Å²) in [6.45, 7) is 17.2. The molecule has 4 heterocycles. The first-order chi connectivity index (χ1) is 48.3. The van der Waals surface area contributed by atoms with Crippen LogP contribution in [0.3, 0.4) is 0 Å². The second-order valence-corrected chi connectivity index (χ2v) is 29.4. The molecule has 1 saturated carbocycles. The number of aromatic nitrogens is 4. The Hall–Kier alpha value is -9.80. The number of benzene rings is 6. The molecule has 29 heteroatoms. The Bertz CT molecular complexity index is 4810. The molecule has 1 atom stereocenters. The fourth-order valence-corrected chi connectivity index (χ4v) is 13.1. The van der Waals surface area contributed by atoms with Crippen molar-refractivity contribution < 1.29 is 74.1 Å². The molecule has 102 heavy (non-hydrogen) atoms. The zero-order chi connectivity index (χ0) is 74.5. The molecule has 6 aromatic carbocycles. The first-order valence-corrected chi connectivity index (χ1v) is 36.6. The van der Waals surface area contributed by atoms with Gasteiger partial charge in [-0.25, -0.2) is 35.7 Å². The summed E-state index contributed by atoms with van der Waals surface area (Å²) in [6.07, 6.45) is 5.74. The van der Waals surface area contributed by atoms with Gasteiger partial charge in [0.2, 0.25) is 5.88 Å². The molecule has 1 aliphatic carbocycles. The largest absolute Gasteiger partial charge is 0.496 e. The third-order valence-corrected chi connectivity index (χ3v) is 19.2. The fourth-order valence-electron chi connectivity index (χ4n) is 10.7. The van der Waals surface area contributed by atoms with Gasteiger partial charge in [-0.15, -0.1) is 0 Å². The topological polar surface area (TPSA) is 319 Å². The number of hydrogen-bond donors (Lipinski definition) is 3. The average molecular weight is 1480 g/mol. The monoisotopic (exact) mass is 1480 g/mol. The molecule has 25 nitrogen and oxygen atoms in total. The lowest BCUT2D eigenvalue weighted by molar-refractivity contribution is -0.148. The number of ether oxygens (including phenoxy) is 6. The number of hydrogen-bond acceptors (Lipinski definition) is 19. The minimum Gasteiger partial charge on any atom is -0.496 e. The third-order valence-electron chi connectivity index (χ3n) is 16.2. The summed E-state index contributed by atoms with van der Waals surface area (Å²) in [6, 6.07) is 30.8. The number of nitrogens with one attached hydrogen (secondary N) is 3. The number of aryl methyl sites for hydroxylation is 4. The van der Waals surface area contributed by atoms with Crippen LogP contribution in [0.5, 0.6) is 28.9 Å². The van der Waals surface area contributed by atoms with Gasteiger partial charge in [-0.3, -0.25) is 33.4 Å². The number of ketones is 1. The molecule has 3 aliphatic rings. The van der Waals surface area contributed by atoms with Gasteiger partial charge in [-0.1, -0.05) is 72.0 Å². The molecule has 2 amide bonds. The standard InChI is InChI=1S/C23H32N2O4.C18H18N2O5S.C16H14Cl2O4.C16H17N3O5S/c1-7-16-13-15(3)14-17(8-2)18(16)19-20(26)24-9-11-28-12-10-25(24)21(19)29-22(27)23(4,5)6;1-25-16-5-3-2-4-15(16)18(22)20-26(23,24)14-10-6-12(7-11-14)17(21)19-13-8-9-13;1-10(16(19)20-2)21-12-4-6-13(7-5-12)22-15-8-3-11(17)9-14(15)18;1-9-10(15(20)11-8-17-19(2)16(11)21)4-5-13(25(3,22)23)14(9)12-6-7-24-18-12/h13-14H,7-12H2,1-6H3;2-7,10-11,13H,8-9H2,1H3,(H,19,21)(H,20,22);3-10H,1-2H3;4-5,8,17H,6-7H2,1-3H3. The molecule has 1 fully saturated rings. The van der Waals surface area contributed by atoms with Crippen LogP contribution in [0.1, 0.15) is 125 Å². The lowest BCUT2D eigenvalue weighted by Gasteiger charge is -2.19. The van der Waals surface area contributed by atoms with Gasteiger partial charge in [0.1, 0.15) is 40.7 Å². The Morgan fingerprint density at radius 1 is 0.735 bits per heavy atom. The van der Waals surface area contributed by atoms with E-state index in [0.29, 0.717) is 100 Å². The Labute approximate surface area is 600 Å². The maximum Gasteiger partial charge on any atom is 0.346 e. The highest BCUT2D eigenvalue weighted by Crippen LogP contribution is 2.38. The molecule has 0 spiro atoms. The number of aromatic amines is 1. The maximum atomic E-state index is 13.5. The Morgan fingerprint density at radius 3 is 1.93 bits per heavy atom. The number of carbonyl (C=O) groups excluding carboxylic acids is 5. The van der Waals surface area contributed by atoms with E-state index in [0.717, 1.165) is 48.6 Å². The number of amides is 2. The van der Waals surface area contributed by atoms with Crippen LogP contribution in [0, 0.1) is 19.3 Å². The van der Waals surface area contributed by atoms with E-state index in [1.807, 2.05) is 25.5 Å². The zero-order valence-electron chi connectivity index (χ0n) is 58.5. The zero-order valence-corrected chi connectivity index (χ0v) is 61.6. The quantitative estimate of drug-likeness (QED) is 0.0500. The van der Waals surface area contributed by atoms with Gasteiger partial charge >= 0.3 is 11.9 Å². The van der Waals surface area contributed by atoms with E-state index in [-0.39, 0.29) is 55.7 Å². The van der Waals surface area contributed by atoms with Gasteiger partial charge in [0.25, 0.3) is 33.0 Å². The fraction of sp³-hybridized carbons (Fsp3) is 0.342. The third kappa shape index (κ3) is 19.2. The number of esters is 2. The van der Waals surface area contributed by atoms with Crippen molar-refractivity contribution in [1.82, 2.24) is 29.2 Å². The van der Waals surface area contributed by atoms with Crippen molar-refractivity contribution in [3.8, 4) is 40.0 Å². The van der Waals surface area contributed by atoms with Crippen LogP contribution in [0.15, 0.2) is 146 Å². The lowest BCUT2D eigenvalue weighted by atomic mass is 9.91. The predicted molar refractivity (Wildman–Crippen MR) is 384 cm³/mol. The van der Waals surface area contributed by atoms with Crippen molar-refractivity contribution in [3.05, 3.63) is 202 Å². The second kappa shape index (κ2) is 33.8. The van der Waals surface area contributed by atoms with Crippen molar-refractivity contribution in [1.29, 1.82) is 0 Å². The minimum atomic E-state index is -4.07. The van der Waals surface area contributed by atoms with Gasteiger partial charge in [-0.2, -0.15) is 0 Å². The minimum absolute atomic E-state index is 0.00623. The van der Waals surface area contributed by atoms with Crippen molar-refractivity contribution in [3.63, 3.8) is 0 Å². The summed E-state index contributed by atoms with van der Waals surface area (Å²) < 4.78 is 88.0. The van der Waals surface area contributed by atoms with Crippen LogP contribution >= 0.6 is 23.2 Å². The SMILES string of the molecule is CCc1cc(C)cc(CC)c1-c1c(OC(=O)C(C)(C)C)n2n(c1=O)CCOCC2.COC(=O)C(C)Oc1ccc(Oc2ccc(Cl)cc2Cl)cc1.COc1ccccc1C(=O)NS(=O)(=O)c1ccc(C(=O)NC2CC2)cc1.Cc1c(C(=O)c2c[nH]n(C)c2=O)ccc(S(C)(=O)=O)c1C1=NOCC1. The van der Waals surface area contributed by atoms with Crippen molar-refractivity contribution in [2.75, 3.05) is 40.3 Å². The Balaban J connectivity index is 0.000000173. The number of para-hydroxylation sites is 1. The van der Waals surface area contributed by atoms with Crippen LogP contribution in [0.4, 0.5) is 0 Å². The molecule has 0 saturated heterocycles. The van der Waals surface area contributed by atoms with E-state index in [4.69, 9.17) is 51.7 Å². The highest BCUT2D eigenvalue weighted by molar-refractivity contribution is 7.91. The number of H-pyrrole nitrogens is 1. The summed E-state index contributed by atoms with van der Waals surface area (Å²) >= 11 is 11.9. The number of methoxy groups -OCH3 is 2. The van der Waals surface area contributed by atoms with Crippen LogP contribution < -0.4 is 40.1 Å². The molecular formula is C73H81Cl2N7O18S2. The first-order valence-electron chi connectivity index (χ1n) is 32.5. The van der Waals surface area contributed by atoms with Crippen LogP contribution in [0.25, 0.3) is 11.1 Å². The summed E-state index contributed by atoms with van der Waals surface area (Å²) in [7, 11) is -3.38. The number of fused-ring (bicyclic) bond motifs is 1. The highest BCUT2D eigenvalue weighted by Gasteiger charge is 2.34. The molecule has 3 N–H and O–H groups in total. The second-order valence-electron chi connectivity index (χ2n) is 24.9. The van der Waals surface area contributed by atoms with Crippen molar-refractivity contribution >= 4 is 78.3 Å². The lowest BCUT2D eigenvalue weighted by Crippen LogP contribution is -2.31. The summed E-state index contributed by atoms with van der Waals surface area (Å²) in [5.41, 5.74) is 5.58. The maximum absolute atomic E-state index is 13.5. The first kappa shape index (κ1) is 77.9. The molecule has 2 aliphatic heterocycles. The molecular weight excluding hydrogens is 1400 g/mol. The molecule has 8 aromatic rings. The Morgan fingerprint density at radius 2 is 1.37 bits per heavy atom. The average Bonchev–Trinajstić information content (AvgIpc) is 1.57. The normalized spacial score (nSPS) is 13.6. The molecule has 0 bridgehead atoms. The van der Waals surface area contributed by atoms with Crippen molar-refractivity contribution in [2.24, 2.45) is 17.6 Å². The van der Waals surface area contributed by atoms with E-state index >= 15 is 0 Å². The van der Waals surface area contributed by atoms with E-state index in [1.54, 1.807) is 83.9 Å². The number of carbonyl (C=O) groups is 5. The molecule has 1 unspecified atom stereocenters. The van der Waals surface area contributed by atoms with E-state index < -0.39 is 54.6 Å². The molecule has 542 valence electrons. The van der Waals surface area contributed by atoms with E-state index in [1.165, 1.54) is 80.2 Å². The summed E-state index contributed by atoms with van der Waals surface area (Å²) in [5, 5.41) is 10.3. The number of halogens is 2. The van der Waals surface area contributed by atoms with Crippen LogP contribution in [0.2, 0.25) is 10.0 Å². The summed E-state index contributed by atoms with van der Waals surface area (Å²) in [4.78, 5) is 91.6. The molecule has 0 radical (unpaired) electrons. The van der Waals surface area contributed by atoms with Gasteiger partial charge < -0.3 is 43.7 Å². The van der Waals surface area contributed by atoms with Gasteiger partial charge in [0.05, 0.1) is 72.0 Å². The number of oxime groups is 1. The summed E-state index contributed by atoms with van der Waals surface area (Å²) in [5.74, 6) is -0.0626. The smallest absolute Gasteiger partial charge is 0.346 e. The molecule has 2 aromatic heterocycles. The van der Waals surface area contributed by atoms with Crippen LogP contribution in [-0.4, -0.2) is 124 Å². The van der Waals surface area contributed by atoms with E-state index in [2.05, 4.69) is 53.2 Å². The number of rotatable bonds is 19. The predicted octanol–water partition coefficient (Wildman–Crippen LogP) is 10.9. The van der Waals surface area contributed by atoms with Gasteiger partial charge in [0.15, 0.2) is 21.7 Å². The van der Waals surface area contributed by atoms with Crippen LogP contribution in [-0.2, 0) is 76.7 Å². The highest BCUT2D eigenvalue weighted by atomic mass is 35.5. The van der Waals surface area contributed by atoms with Gasteiger partial charge in [-0.05, 0) is 180 Å². The number of nitrogens with zero attached hydrogens (tertiary/aromatic N) is 4. The van der Waals surface area contributed by atoms with E-state index in [9.17, 15) is 50.4 Å². The Kier molecular flexibility index (Phi) is 25.8. The van der Waals surface area contributed by atoms with Crippen molar-refractivity contribution in [2.45, 2.75) is 123 Å². The molecule has 11 rings (SSSR count).